The van der Waals surface area contributed by atoms with E-state index in [2.05, 4.69) is 0 Å². The number of likely N-dealkylation sites (N-methyl/N-ethyl adjacent to an activating group) is 1. The van der Waals surface area contributed by atoms with Crippen LogP contribution < -0.4 is 0 Å². The molecule has 1 aliphatic heterocycles. The highest BCUT2D eigenvalue weighted by Gasteiger charge is 2.29. The van der Waals surface area contributed by atoms with E-state index >= 15 is 0 Å². The van der Waals surface area contributed by atoms with Crippen molar-refractivity contribution in [2.24, 2.45) is 13.0 Å². The third-order valence-electron chi connectivity index (χ3n) is 4.47. The van der Waals surface area contributed by atoms with Gasteiger partial charge in [0.2, 0.25) is 5.91 Å². The number of carboxylic acid groups (broad SMARTS) is 1. The average Bonchev–Trinajstić information content (AvgIpc) is 2.96. The Bertz CT molecular complexity index is 709. The Hall–Kier alpha value is -2.64. The van der Waals surface area contributed by atoms with Gasteiger partial charge in [0.15, 0.2) is 5.78 Å². The van der Waals surface area contributed by atoms with E-state index in [1.54, 1.807) is 17.8 Å². The maximum absolute atomic E-state index is 12.5. The number of aromatic nitrogens is 1. The molecular formula is C17H23N3O5. The van der Waals surface area contributed by atoms with E-state index in [0.717, 1.165) is 0 Å². The van der Waals surface area contributed by atoms with Crippen LogP contribution in [-0.4, -0.2) is 69.7 Å². The standard InChI is InChI=1S/C17H23N3O5/c1-11(21)13-7-14(18(2)8-13)16(23)19(3)10-15(22)20-6-4-5-12(9-20)17(24)25/h7-8,12H,4-6,9-10H2,1-3H3,(H,24,25). The van der Waals surface area contributed by atoms with Gasteiger partial charge in [-0.25, -0.2) is 0 Å². The molecule has 1 atom stereocenters. The number of hydrogen-bond donors (Lipinski definition) is 1. The Kier molecular flexibility index (Phi) is 5.61. The van der Waals surface area contributed by atoms with Crippen molar-refractivity contribution in [3.8, 4) is 0 Å². The summed E-state index contributed by atoms with van der Waals surface area (Å²) < 4.78 is 1.56. The van der Waals surface area contributed by atoms with E-state index in [1.165, 1.54) is 29.8 Å². The number of hydrogen-bond acceptors (Lipinski definition) is 4. The molecule has 1 unspecified atom stereocenters. The number of carbonyl (C=O) groups excluding carboxylic acids is 3. The van der Waals surface area contributed by atoms with Crippen LogP contribution in [0.25, 0.3) is 0 Å². The SMILES string of the molecule is CC(=O)c1cc(C(=O)N(C)CC(=O)N2CCCC(C(=O)O)C2)n(C)c1. The lowest BCUT2D eigenvalue weighted by Crippen LogP contribution is -2.47. The van der Waals surface area contributed by atoms with E-state index in [1.807, 2.05) is 0 Å². The summed E-state index contributed by atoms with van der Waals surface area (Å²) in [6, 6.07) is 1.51. The first-order valence-corrected chi connectivity index (χ1v) is 8.14. The minimum atomic E-state index is -0.900. The molecule has 2 heterocycles. The summed E-state index contributed by atoms with van der Waals surface area (Å²) in [4.78, 5) is 50.2. The summed E-state index contributed by atoms with van der Waals surface area (Å²) in [5, 5.41) is 9.10. The van der Waals surface area contributed by atoms with Crippen molar-refractivity contribution >= 4 is 23.6 Å². The van der Waals surface area contributed by atoms with Crippen LogP contribution in [0.3, 0.4) is 0 Å². The molecule has 1 saturated heterocycles. The van der Waals surface area contributed by atoms with Crippen molar-refractivity contribution in [1.29, 1.82) is 0 Å². The molecule has 8 heteroatoms. The summed E-state index contributed by atoms with van der Waals surface area (Å²) in [6.07, 6.45) is 2.78. The van der Waals surface area contributed by atoms with Crippen LogP contribution in [-0.2, 0) is 16.6 Å². The second kappa shape index (κ2) is 7.50. The van der Waals surface area contributed by atoms with E-state index in [0.29, 0.717) is 30.6 Å². The summed E-state index contributed by atoms with van der Waals surface area (Å²) in [6.45, 7) is 1.97. The molecule has 1 N–H and O–H groups in total. The molecule has 136 valence electrons. The molecular weight excluding hydrogens is 326 g/mol. The minimum Gasteiger partial charge on any atom is -0.481 e. The zero-order chi connectivity index (χ0) is 18.7. The fraction of sp³-hybridized carbons (Fsp3) is 0.529. The maximum atomic E-state index is 12.5. The summed E-state index contributed by atoms with van der Waals surface area (Å²) in [7, 11) is 3.18. The molecule has 25 heavy (non-hydrogen) atoms. The quantitative estimate of drug-likeness (QED) is 0.786. The van der Waals surface area contributed by atoms with Gasteiger partial charge >= 0.3 is 5.97 Å². The smallest absolute Gasteiger partial charge is 0.308 e. The van der Waals surface area contributed by atoms with Crippen LogP contribution in [0.4, 0.5) is 0 Å². The van der Waals surface area contributed by atoms with Gasteiger partial charge < -0.3 is 19.5 Å². The number of nitrogens with zero attached hydrogens (tertiary/aromatic N) is 3. The first kappa shape index (κ1) is 18.7. The molecule has 1 fully saturated rings. The molecule has 0 saturated carbocycles. The van der Waals surface area contributed by atoms with Crippen LogP contribution in [0.15, 0.2) is 12.3 Å². The van der Waals surface area contributed by atoms with Crippen molar-refractivity contribution in [1.82, 2.24) is 14.4 Å². The molecule has 8 nitrogen and oxygen atoms in total. The second-order valence-electron chi connectivity index (χ2n) is 6.46. The lowest BCUT2D eigenvalue weighted by Gasteiger charge is -2.32. The van der Waals surface area contributed by atoms with Gasteiger partial charge in [-0.05, 0) is 25.8 Å². The van der Waals surface area contributed by atoms with Gasteiger partial charge in [0.1, 0.15) is 5.69 Å². The van der Waals surface area contributed by atoms with Crippen molar-refractivity contribution in [2.75, 3.05) is 26.7 Å². The van der Waals surface area contributed by atoms with E-state index in [9.17, 15) is 19.2 Å². The fourth-order valence-corrected chi connectivity index (χ4v) is 2.95. The first-order chi connectivity index (χ1) is 11.7. The lowest BCUT2D eigenvalue weighted by atomic mass is 9.98. The van der Waals surface area contributed by atoms with Crippen LogP contribution >= 0.6 is 0 Å². The largest absolute Gasteiger partial charge is 0.481 e. The maximum Gasteiger partial charge on any atom is 0.308 e. The number of aliphatic carboxylic acids is 1. The van der Waals surface area contributed by atoms with Crippen LogP contribution in [0.5, 0.6) is 0 Å². The summed E-state index contributed by atoms with van der Waals surface area (Å²) in [5.41, 5.74) is 0.758. The molecule has 1 aliphatic rings. The number of aryl methyl sites for hydroxylation is 1. The molecule has 1 aromatic heterocycles. The molecule has 2 rings (SSSR count). The minimum absolute atomic E-state index is 0.133. The van der Waals surface area contributed by atoms with Gasteiger partial charge in [0.05, 0.1) is 12.5 Å². The van der Waals surface area contributed by atoms with Crippen molar-refractivity contribution in [3.05, 3.63) is 23.5 Å². The lowest BCUT2D eigenvalue weighted by molar-refractivity contribution is -0.145. The number of ketones is 1. The Morgan fingerprint density at radius 1 is 1.32 bits per heavy atom. The van der Waals surface area contributed by atoms with Gasteiger partial charge in [-0.15, -0.1) is 0 Å². The van der Waals surface area contributed by atoms with Crippen molar-refractivity contribution < 1.29 is 24.3 Å². The zero-order valence-corrected chi connectivity index (χ0v) is 14.7. The highest BCUT2D eigenvalue weighted by atomic mass is 16.4. The van der Waals surface area contributed by atoms with Crippen LogP contribution in [0, 0.1) is 5.92 Å². The molecule has 2 amide bonds. The molecule has 0 aliphatic carbocycles. The third kappa shape index (κ3) is 4.26. The van der Waals surface area contributed by atoms with Gasteiger partial charge in [-0.1, -0.05) is 0 Å². The molecule has 0 spiro atoms. The number of piperidine rings is 1. The molecule has 0 bridgehead atoms. The third-order valence-corrected chi connectivity index (χ3v) is 4.47. The Morgan fingerprint density at radius 2 is 2.00 bits per heavy atom. The van der Waals surface area contributed by atoms with Crippen molar-refractivity contribution in [3.63, 3.8) is 0 Å². The highest BCUT2D eigenvalue weighted by Crippen LogP contribution is 2.17. The van der Waals surface area contributed by atoms with E-state index < -0.39 is 11.9 Å². The molecule has 0 radical (unpaired) electrons. The highest BCUT2D eigenvalue weighted by molar-refractivity contribution is 6.00. The number of carboxylic acids is 1. The second-order valence-corrected chi connectivity index (χ2v) is 6.46. The summed E-state index contributed by atoms with van der Waals surface area (Å²) in [5.74, 6) is -2.23. The van der Waals surface area contributed by atoms with Gasteiger partial charge in [0, 0.05) is 38.9 Å². The van der Waals surface area contributed by atoms with E-state index in [4.69, 9.17) is 5.11 Å². The summed E-state index contributed by atoms with van der Waals surface area (Å²) >= 11 is 0. The van der Waals surface area contributed by atoms with Gasteiger partial charge in [-0.3, -0.25) is 19.2 Å². The Labute approximate surface area is 146 Å². The van der Waals surface area contributed by atoms with Gasteiger partial charge in [-0.2, -0.15) is 0 Å². The zero-order valence-electron chi connectivity index (χ0n) is 14.7. The van der Waals surface area contributed by atoms with Crippen LogP contribution in [0.2, 0.25) is 0 Å². The van der Waals surface area contributed by atoms with E-state index in [-0.39, 0.29) is 30.7 Å². The number of rotatable bonds is 5. The number of carbonyl (C=O) groups is 4. The van der Waals surface area contributed by atoms with Gasteiger partial charge in [0.25, 0.3) is 5.91 Å². The predicted molar refractivity (Wildman–Crippen MR) is 89.3 cm³/mol. The Balaban J connectivity index is 2.02. The fourth-order valence-electron chi connectivity index (χ4n) is 2.95. The number of amides is 2. The topological polar surface area (TPSA) is 99.9 Å². The van der Waals surface area contributed by atoms with Crippen LogP contribution in [0.1, 0.15) is 40.6 Å². The average molecular weight is 349 g/mol. The number of likely N-dealkylation sites (tertiary alicyclic amines) is 1. The molecule has 0 aromatic carbocycles. The number of Topliss-reactive ketones (excluding diaryl/α,β-unsaturated/α-hetero) is 1. The monoisotopic (exact) mass is 349 g/mol. The normalized spacial score (nSPS) is 17.2. The first-order valence-electron chi connectivity index (χ1n) is 8.14. The van der Waals surface area contributed by atoms with Crippen molar-refractivity contribution in [2.45, 2.75) is 19.8 Å². The predicted octanol–water partition coefficient (Wildman–Crippen LogP) is 0.623. The molecule has 1 aromatic rings. The Morgan fingerprint density at radius 3 is 2.56 bits per heavy atom.